The zero-order valence-electron chi connectivity index (χ0n) is 13.8. The van der Waals surface area contributed by atoms with Gasteiger partial charge in [-0.25, -0.2) is 0 Å². The number of hydrogen-bond donors (Lipinski definition) is 1. The van der Waals surface area contributed by atoms with Gasteiger partial charge < -0.3 is 19.7 Å². The SMILES string of the molecule is COc1ccccc1N1CCC(CNC(C)C2CCOC2)C1. The lowest BCUT2D eigenvalue weighted by Gasteiger charge is -2.23. The molecular formula is C18H28N2O2. The molecule has 22 heavy (non-hydrogen) atoms. The molecule has 2 heterocycles. The van der Waals surface area contributed by atoms with Gasteiger partial charge in [0.15, 0.2) is 0 Å². The summed E-state index contributed by atoms with van der Waals surface area (Å²) in [5, 5.41) is 3.73. The summed E-state index contributed by atoms with van der Waals surface area (Å²) in [4.78, 5) is 2.45. The standard InChI is InChI=1S/C18H28N2O2/c1-14(16-8-10-22-13-16)19-11-15-7-9-20(12-15)17-5-3-4-6-18(17)21-2/h3-6,14-16,19H,7-13H2,1-2H3. The maximum absolute atomic E-state index is 5.49. The molecule has 0 radical (unpaired) electrons. The molecule has 1 aromatic rings. The van der Waals surface area contributed by atoms with Crippen LogP contribution >= 0.6 is 0 Å². The Labute approximate surface area is 133 Å². The highest BCUT2D eigenvalue weighted by Gasteiger charge is 2.27. The van der Waals surface area contributed by atoms with Gasteiger partial charge in [-0.05, 0) is 50.3 Å². The number of methoxy groups -OCH3 is 1. The summed E-state index contributed by atoms with van der Waals surface area (Å²) in [7, 11) is 1.75. The van der Waals surface area contributed by atoms with Crippen molar-refractivity contribution in [1.82, 2.24) is 5.32 Å². The Morgan fingerprint density at radius 3 is 3.00 bits per heavy atom. The quantitative estimate of drug-likeness (QED) is 0.876. The fraction of sp³-hybridized carbons (Fsp3) is 0.667. The number of anilines is 1. The minimum Gasteiger partial charge on any atom is -0.495 e. The Hall–Kier alpha value is -1.26. The fourth-order valence-corrected chi connectivity index (χ4v) is 3.58. The molecule has 3 atom stereocenters. The molecule has 0 amide bonds. The minimum absolute atomic E-state index is 0.558. The Kier molecular flexibility index (Phi) is 5.21. The maximum atomic E-state index is 5.49. The average Bonchev–Trinajstić information content (AvgIpc) is 3.24. The van der Waals surface area contributed by atoms with Crippen LogP contribution < -0.4 is 15.0 Å². The van der Waals surface area contributed by atoms with Gasteiger partial charge in [0.2, 0.25) is 0 Å². The van der Waals surface area contributed by atoms with E-state index in [-0.39, 0.29) is 0 Å². The van der Waals surface area contributed by atoms with Crippen LogP contribution in [-0.2, 0) is 4.74 Å². The second-order valence-corrected chi connectivity index (χ2v) is 6.59. The summed E-state index contributed by atoms with van der Waals surface area (Å²) < 4.78 is 11.0. The molecule has 4 nitrogen and oxygen atoms in total. The summed E-state index contributed by atoms with van der Waals surface area (Å²) in [5.74, 6) is 2.38. The highest BCUT2D eigenvalue weighted by atomic mass is 16.5. The molecule has 2 aliphatic heterocycles. The summed E-state index contributed by atoms with van der Waals surface area (Å²) in [6.07, 6.45) is 2.45. The van der Waals surface area contributed by atoms with Gasteiger partial charge in [0.25, 0.3) is 0 Å². The number of hydrogen-bond acceptors (Lipinski definition) is 4. The number of benzene rings is 1. The highest BCUT2D eigenvalue weighted by Crippen LogP contribution is 2.31. The molecule has 2 saturated heterocycles. The van der Waals surface area contributed by atoms with Crippen LogP contribution in [0.4, 0.5) is 5.69 Å². The van der Waals surface area contributed by atoms with Crippen LogP contribution in [0.15, 0.2) is 24.3 Å². The molecule has 122 valence electrons. The number of rotatable bonds is 6. The third-order valence-corrected chi connectivity index (χ3v) is 5.11. The van der Waals surface area contributed by atoms with Crippen molar-refractivity contribution in [3.05, 3.63) is 24.3 Å². The first-order chi connectivity index (χ1) is 10.8. The van der Waals surface area contributed by atoms with E-state index in [9.17, 15) is 0 Å². The first-order valence-electron chi connectivity index (χ1n) is 8.47. The van der Waals surface area contributed by atoms with Crippen molar-refractivity contribution in [2.45, 2.75) is 25.8 Å². The highest BCUT2D eigenvalue weighted by molar-refractivity contribution is 5.59. The van der Waals surface area contributed by atoms with Gasteiger partial charge in [0.05, 0.1) is 19.4 Å². The van der Waals surface area contributed by atoms with E-state index in [2.05, 4.69) is 29.3 Å². The Morgan fingerprint density at radius 1 is 1.36 bits per heavy atom. The van der Waals surface area contributed by atoms with Crippen molar-refractivity contribution in [3.63, 3.8) is 0 Å². The molecule has 2 aliphatic rings. The van der Waals surface area contributed by atoms with Crippen molar-refractivity contribution in [1.29, 1.82) is 0 Å². The van der Waals surface area contributed by atoms with Gasteiger partial charge in [0.1, 0.15) is 5.75 Å². The van der Waals surface area contributed by atoms with Crippen LogP contribution in [0.25, 0.3) is 0 Å². The Morgan fingerprint density at radius 2 is 2.23 bits per heavy atom. The molecule has 0 bridgehead atoms. The Balaban J connectivity index is 1.49. The normalized spacial score (nSPS) is 26.4. The molecule has 2 fully saturated rings. The number of para-hydroxylation sites is 2. The number of nitrogens with zero attached hydrogens (tertiary/aromatic N) is 1. The van der Waals surface area contributed by atoms with Gasteiger partial charge in [-0.1, -0.05) is 12.1 Å². The molecule has 3 unspecified atom stereocenters. The summed E-state index contributed by atoms with van der Waals surface area (Å²) in [6.45, 7) is 7.48. The summed E-state index contributed by atoms with van der Waals surface area (Å²) >= 11 is 0. The predicted octanol–water partition coefficient (Wildman–Crippen LogP) is 2.54. The topological polar surface area (TPSA) is 33.7 Å². The van der Waals surface area contributed by atoms with Gasteiger partial charge >= 0.3 is 0 Å². The van der Waals surface area contributed by atoms with E-state index in [0.717, 1.165) is 44.5 Å². The van der Waals surface area contributed by atoms with Crippen LogP contribution in [0.1, 0.15) is 19.8 Å². The van der Waals surface area contributed by atoms with Crippen LogP contribution in [-0.4, -0.2) is 46.0 Å². The van der Waals surface area contributed by atoms with Crippen LogP contribution in [0.2, 0.25) is 0 Å². The third kappa shape index (κ3) is 3.55. The van der Waals surface area contributed by atoms with Gasteiger partial charge in [0, 0.05) is 25.7 Å². The lowest BCUT2D eigenvalue weighted by molar-refractivity contribution is 0.178. The van der Waals surface area contributed by atoms with Gasteiger partial charge in [-0.3, -0.25) is 0 Å². The van der Waals surface area contributed by atoms with Gasteiger partial charge in [-0.15, -0.1) is 0 Å². The van der Waals surface area contributed by atoms with Crippen molar-refractivity contribution in [3.8, 4) is 5.75 Å². The van der Waals surface area contributed by atoms with Gasteiger partial charge in [-0.2, -0.15) is 0 Å². The molecule has 1 aromatic carbocycles. The van der Waals surface area contributed by atoms with E-state index >= 15 is 0 Å². The molecule has 0 aliphatic carbocycles. The minimum atomic E-state index is 0.558. The van der Waals surface area contributed by atoms with E-state index in [1.807, 2.05) is 12.1 Å². The monoisotopic (exact) mass is 304 g/mol. The van der Waals surface area contributed by atoms with E-state index in [4.69, 9.17) is 9.47 Å². The number of ether oxygens (including phenoxy) is 2. The molecule has 1 N–H and O–H groups in total. The summed E-state index contributed by atoms with van der Waals surface area (Å²) in [6, 6.07) is 8.88. The first-order valence-corrected chi connectivity index (χ1v) is 8.47. The lowest BCUT2D eigenvalue weighted by atomic mass is 10.00. The predicted molar refractivity (Wildman–Crippen MR) is 89.7 cm³/mol. The van der Waals surface area contributed by atoms with E-state index in [1.165, 1.54) is 18.5 Å². The zero-order chi connectivity index (χ0) is 15.4. The molecule has 0 spiro atoms. The van der Waals surface area contributed by atoms with Crippen molar-refractivity contribution >= 4 is 5.69 Å². The largest absolute Gasteiger partial charge is 0.495 e. The molecule has 0 aromatic heterocycles. The van der Waals surface area contributed by atoms with Crippen LogP contribution in [0.5, 0.6) is 5.75 Å². The first kappa shape index (κ1) is 15.6. The van der Waals surface area contributed by atoms with Crippen molar-refractivity contribution in [2.24, 2.45) is 11.8 Å². The maximum Gasteiger partial charge on any atom is 0.142 e. The molecule has 0 saturated carbocycles. The smallest absolute Gasteiger partial charge is 0.142 e. The third-order valence-electron chi connectivity index (χ3n) is 5.11. The second kappa shape index (κ2) is 7.34. The molecular weight excluding hydrogens is 276 g/mol. The van der Waals surface area contributed by atoms with E-state index in [0.29, 0.717) is 12.0 Å². The van der Waals surface area contributed by atoms with Crippen molar-refractivity contribution in [2.75, 3.05) is 44.9 Å². The average molecular weight is 304 g/mol. The van der Waals surface area contributed by atoms with Crippen molar-refractivity contribution < 1.29 is 9.47 Å². The second-order valence-electron chi connectivity index (χ2n) is 6.59. The lowest BCUT2D eigenvalue weighted by Crippen LogP contribution is -2.37. The number of nitrogens with one attached hydrogen (secondary N) is 1. The molecule has 4 heteroatoms. The Bertz CT molecular complexity index is 474. The summed E-state index contributed by atoms with van der Waals surface area (Å²) in [5.41, 5.74) is 1.23. The van der Waals surface area contributed by atoms with Crippen LogP contribution in [0.3, 0.4) is 0 Å². The van der Waals surface area contributed by atoms with Crippen LogP contribution in [0, 0.1) is 11.8 Å². The molecule has 3 rings (SSSR count). The van der Waals surface area contributed by atoms with E-state index < -0.39 is 0 Å². The van der Waals surface area contributed by atoms with E-state index in [1.54, 1.807) is 7.11 Å². The zero-order valence-corrected chi connectivity index (χ0v) is 13.8. The fourth-order valence-electron chi connectivity index (χ4n) is 3.58.